The summed E-state index contributed by atoms with van der Waals surface area (Å²) in [6.45, 7) is -0.210. The molecule has 0 saturated carbocycles. The fraction of sp³-hybridized carbons (Fsp3) is 0.714. The van der Waals surface area contributed by atoms with Gasteiger partial charge >= 0.3 is 11.9 Å². The van der Waals surface area contributed by atoms with Crippen molar-refractivity contribution in [2.45, 2.75) is 12.2 Å². The normalized spacial score (nSPS) is 28.1. The van der Waals surface area contributed by atoms with Crippen LogP contribution < -0.4 is 0 Å². The summed E-state index contributed by atoms with van der Waals surface area (Å²) >= 11 is 0. The highest BCUT2D eigenvalue weighted by Gasteiger charge is 2.31. The van der Waals surface area contributed by atoms with E-state index in [9.17, 15) is 9.59 Å². The van der Waals surface area contributed by atoms with Crippen molar-refractivity contribution in [1.29, 1.82) is 0 Å². The smallest absolute Gasteiger partial charge is 0.337 e. The maximum absolute atomic E-state index is 10.9. The van der Waals surface area contributed by atoms with Gasteiger partial charge in [0.25, 0.3) is 0 Å². The van der Waals surface area contributed by atoms with Gasteiger partial charge in [-0.25, -0.2) is 9.59 Å². The van der Waals surface area contributed by atoms with Gasteiger partial charge in [0.2, 0.25) is 0 Å². The van der Waals surface area contributed by atoms with E-state index in [0.29, 0.717) is 0 Å². The van der Waals surface area contributed by atoms with Crippen LogP contribution in [0.5, 0.6) is 0 Å². The molecule has 2 atom stereocenters. The molecule has 0 aliphatic carbocycles. The summed E-state index contributed by atoms with van der Waals surface area (Å²) in [5, 5.41) is 8.50. The molecular formula is C7H10O6. The summed E-state index contributed by atoms with van der Waals surface area (Å²) in [7, 11) is 1.23. The van der Waals surface area contributed by atoms with E-state index in [1.54, 1.807) is 0 Å². The maximum atomic E-state index is 10.9. The largest absolute Gasteiger partial charge is 0.479 e. The fourth-order valence-corrected chi connectivity index (χ4v) is 0.913. The van der Waals surface area contributed by atoms with Gasteiger partial charge in [-0.2, -0.15) is 0 Å². The van der Waals surface area contributed by atoms with Crippen LogP contribution in [-0.2, 0) is 23.8 Å². The van der Waals surface area contributed by atoms with Crippen LogP contribution >= 0.6 is 0 Å². The van der Waals surface area contributed by atoms with Crippen molar-refractivity contribution in [1.82, 2.24) is 0 Å². The summed E-state index contributed by atoms with van der Waals surface area (Å²) < 4.78 is 14.2. The van der Waals surface area contributed by atoms with Crippen molar-refractivity contribution in [3.63, 3.8) is 0 Å². The molecule has 1 N–H and O–H groups in total. The Hall–Kier alpha value is -1.14. The number of aliphatic carboxylic acids is 1. The molecule has 6 nitrogen and oxygen atoms in total. The lowest BCUT2D eigenvalue weighted by Crippen LogP contribution is -2.44. The molecule has 1 aliphatic heterocycles. The molecule has 0 bridgehead atoms. The fourth-order valence-electron chi connectivity index (χ4n) is 0.913. The first-order valence-corrected chi connectivity index (χ1v) is 3.69. The molecule has 6 heteroatoms. The van der Waals surface area contributed by atoms with E-state index in [0.717, 1.165) is 0 Å². The molecule has 1 rings (SSSR count). The highest BCUT2D eigenvalue weighted by molar-refractivity contribution is 5.76. The van der Waals surface area contributed by atoms with Crippen LogP contribution in [-0.4, -0.2) is 49.6 Å². The predicted octanol–water partition coefficient (Wildman–Crippen LogP) is -0.972. The molecule has 0 radical (unpaired) electrons. The van der Waals surface area contributed by atoms with Gasteiger partial charge in [-0.05, 0) is 0 Å². The monoisotopic (exact) mass is 190 g/mol. The number of carboxylic acid groups (broad SMARTS) is 1. The Morgan fingerprint density at radius 2 is 1.85 bits per heavy atom. The summed E-state index contributed by atoms with van der Waals surface area (Å²) in [5.74, 6) is -1.65. The Kier molecular flexibility index (Phi) is 3.21. The van der Waals surface area contributed by atoms with Crippen LogP contribution in [0, 0.1) is 0 Å². The SMILES string of the molecule is COC(=O)C1COC(C(=O)O)CO1. The van der Waals surface area contributed by atoms with E-state index in [-0.39, 0.29) is 13.2 Å². The van der Waals surface area contributed by atoms with Crippen LogP contribution in [0.2, 0.25) is 0 Å². The summed E-state index contributed by atoms with van der Waals surface area (Å²) in [6, 6.07) is 0. The van der Waals surface area contributed by atoms with Crippen LogP contribution in [0.15, 0.2) is 0 Å². The van der Waals surface area contributed by atoms with Gasteiger partial charge in [0.1, 0.15) is 0 Å². The molecule has 1 saturated heterocycles. The molecule has 13 heavy (non-hydrogen) atoms. The summed E-state index contributed by atoms with van der Waals surface area (Å²) in [4.78, 5) is 21.2. The van der Waals surface area contributed by atoms with E-state index >= 15 is 0 Å². The van der Waals surface area contributed by atoms with Gasteiger partial charge in [-0.1, -0.05) is 0 Å². The lowest BCUT2D eigenvalue weighted by Gasteiger charge is -2.25. The van der Waals surface area contributed by atoms with Gasteiger partial charge in [0, 0.05) is 0 Å². The first kappa shape index (κ1) is 9.94. The Morgan fingerprint density at radius 1 is 1.31 bits per heavy atom. The first-order chi connectivity index (χ1) is 6.15. The maximum Gasteiger partial charge on any atom is 0.337 e. The van der Waals surface area contributed by atoms with Gasteiger partial charge in [-0.15, -0.1) is 0 Å². The number of rotatable bonds is 2. The highest BCUT2D eigenvalue weighted by atomic mass is 16.6. The van der Waals surface area contributed by atoms with E-state index in [2.05, 4.69) is 4.74 Å². The first-order valence-electron chi connectivity index (χ1n) is 3.69. The zero-order valence-electron chi connectivity index (χ0n) is 7.06. The van der Waals surface area contributed by atoms with E-state index in [4.69, 9.17) is 14.6 Å². The highest BCUT2D eigenvalue weighted by Crippen LogP contribution is 2.08. The average Bonchev–Trinajstić information content (AvgIpc) is 2.17. The standard InChI is InChI=1S/C7H10O6/c1-11-7(10)5-3-12-4(2-13-5)6(8)9/h4-5H,2-3H2,1H3,(H,8,9). The number of carboxylic acids is 1. The summed E-state index contributed by atoms with van der Waals surface area (Å²) in [6.07, 6.45) is -1.79. The van der Waals surface area contributed by atoms with Crippen molar-refractivity contribution < 1.29 is 28.9 Å². The Bertz CT molecular complexity index is 205. The Balaban J connectivity index is 2.39. The third kappa shape index (κ3) is 2.40. The Morgan fingerprint density at radius 3 is 2.23 bits per heavy atom. The Labute approximate surface area is 74.4 Å². The van der Waals surface area contributed by atoms with Crippen LogP contribution in [0.3, 0.4) is 0 Å². The van der Waals surface area contributed by atoms with Gasteiger partial charge < -0.3 is 19.3 Å². The lowest BCUT2D eigenvalue weighted by molar-refractivity contribution is -0.189. The quantitative estimate of drug-likeness (QED) is 0.564. The summed E-state index contributed by atoms with van der Waals surface area (Å²) in [5.41, 5.74) is 0. The number of ether oxygens (including phenoxy) is 3. The van der Waals surface area contributed by atoms with Gasteiger partial charge in [0.05, 0.1) is 20.3 Å². The minimum atomic E-state index is -1.09. The predicted molar refractivity (Wildman–Crippen MR) is 39.1 cm³/mol. The second kappa shape index (κ2) is 4.20. The third-order valence-electron chi connectivity index (χ3n) is 1.64. The van der Waals surface area contributed by atoms with Crippen LogP contribution in [0.4, 0.5) is 0 Å². The topological polar surface area (TPSA) is 82.1 Å². The number of hydrogen-bond donors (Lipinski definition) is 1. The molecule has 0 aromatic rings. The van der Waals surface area contributed by atoms with E-state index < -0.39 is 24.1 Å². The molecule has 0 aromatic heterocycles. The number of esters is 1. The molecule has 74 valence electrons. The molecule has 1 aliphatic rings. The van der Waals surface area contributed by atoms with E-state index in [1.165, 1.54) is 7.11 Å². The molecular weight excluding hydrogens is 180 g/mol. The number of hydrogen-bond acceptors (Lipinski definition) is 5. The average molecular weight is 190 g/mol. The number of carbonyl (C=O) groups excluding carboxylic acids is 1. The van der Waals surface area contributed by atoms with Crippen molar-refractivity contribution in [2.24, 2.45) is 0 Å². The van der Waals surface area contributed by atoms with Crippen molar-refractivity contribution in [3.05, 3.63) is 0 Å². The molecule has 0 aromatic carbocycles. The van der Waals surface area contributed by atoms with Crippen LogP contribution in [0.25, 0.3) is 0 Å². The zero-order chi connectivity index (χ0) is 9.84. The second-order valence-corrected chi connectivity index (χ2v) is 2.51. The molecule has 1 fully saturated rings. The molecule has 0 amide bonds. The van der Waals surface area contributed by atoms with Crippen molar-refractivity contribution in [2.75, 3.05) is 20.3 Å². The second-order valence-electron chi connectivity index (χ2n) is 2.51. The number of methoxy groups -OCH3 is 1. The molecule has 1 heterocycles. The molecule has 2 unspecified atom stereocenters. The lowest BCUT2D eigenvalue weighted by atomic mass is 10.3. The number of carbonyl (C=O) groups is 2. The van der Waals surface area contributed by atoms with Crippen molar-refractivity contribution in [3.8, 4) is 0 Å². The minimum absolute atomic E-state index is 0.0797. The third-order valence-corrected chi connectivity index (χ3v) is 1.64. The minimum Gasteiger partial charge on any atom is -0.479 e. The zero-order valence-corrected chi connectivity index (χ0v) is 7.06. The van der Waals surface area contributed by atoms with E-state index in [1.807, 2.05) is 0 Å². The molecule has 0 spiro atoms. The van der Waals surface area contributed by atoms with Gasteiger partial charge in [0.15, 0.2) is 12.2 Å². The van der Waals surface area contributed by atoms with Crippen LogP contribution in [0.1, 0.15) is 0 Å². The van der Waals surface area contributed by atoms with Crippen molar-refractivity contribution >= 4 is 11.9 Å². The van der Waals surface area contributed by atoms with Gasteiger partial charge in [-0.3, -0.25) is 0 Å².